The highest BCUT2D eigenvalue weighted by atomic mass is 32.2. The van der Waals surface area contributed by atoms with Crippen molar-refractivity contribution in [3.8, 4) is 0 Å². The zero-order valence-electron chi connectivity index (χ0n) is 17.5. The smallest absolute Gasteiger partial charge is 0.248 e. The minimum atomic E-state index is -3.72. The first kappa shape index (κ1) is 20.9. The summed E-state index contributed by atoms with van der Waals surface area (Å²) in [7, 11) is -3.72. The number of aryl methyl sites for hydroxylation is 2. The fraction of sp³-hybridized carbons (Fsp3) is 0.524. The second-order valence-electron chi connectivity index (χ2n) is 8.00. The average Bonchev–Trinajstić information content (AvgIpc) is 3.12. The molecule has 2 aliphatic heterocycles. The summed E-state index contributed by atoms with van der Waals surface area (Å²) in [6.45, 7) is 6.73. The zero-order valence-corrected chi connectivity index (χ0v) is 18.3. The van der Waals surface area contributed by atoms with E-state index in [2.05, 4.69) is 22.2 Å². The number of benzene rings is 1. The van der Waals surface area contributed by atoms with Crippen LogP contribution in [0.4, 0.5) is 5.69 Å². The van der Waals surface area contributed by atoms with Gasteiger partial charge in [0, 0.05) is 45.0 Å². The molecule has 1 aromatic heterocycles. The molecule has 8 nitrogen and oxygen atoms in total. The average molecular weight is 433 g/mol. The van der Waals surface area contributed by atoms with Gasteiger partial charge in [-0.05, 0) is 38.8 Å². The third-order valence-electron chi connectivity index (χ3n) is 6.01. The Morgan fingerprint density at radius 2 is 1.77 bits per heavy atom. The van der Waals surface area contributed by atoms with Crippen molar-refractivity contribution >= 4 is 21.6 Å². The summed E-state index contributed by atoms with van der Waals surface area (Å²) >= 11 is 0. The van der Waals surface area contributed by atoms with Crippen LogP contribution < -0.4 is 4.90 Å². The summed E-state index contributed by atoms with van der Waals surface area (Å²) in [4.78, 5) is 17.4. The predicted molar refractivity (Wildman–Crippen MR) is 113 cm³/mol. The molecule has 2 aromatic rings. The molecule has 0 radical (unpaired) electrons. The molecule has 3 heterocycles. The van der Waals surface area contributed by atoms with Crippen LogP contribution in [-0.4, -0.2) is 68.0 Å². The number of piperazine rings is 1. The van der Waals surface area contributed by atoms with E-state index in [9.17, 15) is 13.2 Å². The number of rotatable bonds is 4. The molecule has 0 unspecified atom stereocenters. The van der Waals surface area contributed by atoms with Crippen LogP contribution in [0.25, 0.3) is 0 Å². The van der Waals surface area contributed by atoms with Gasteiger partial charge in [0.2, 0.25) is 15.9 Å². The Morgan fingerprint density at radius 1 is 1.07 bits per heavy atom. The van der Waals surface area contributed by atoms with Crippen LogP contribution in [0.5, 0.6) is 0 Å². The summed E-state index contributed by atoms with van der Waals surface area (Å²) in [6, 6.07) is 10.2. The predicted octanol–water partition coefficient (Wildman–Crippen LogP) is 2.04. The fourth-order valence-corrected chi connectivity index (χ4v) is 6.23. The third kappa shape index (κ3) is 3.96. The van der Waals surface area contributed by atoms with Crippen molar-refractivity contribution in [2.45, 2.75) is 31.6 Å². The summed E-state index contributed by atoms with van der Waals surface area (Å²) in [5.74, 6) is 0.0385. The van der Waals surface area contributed by atoms with Gasteiger partial charge in [-0.3, -0.25) is 4.79 Å². The maximum atomic E-state index is 13.1. The van der Waals surface area contributed by atoms with Crippen LogP contribution in [0.3, 0.4) is 0 Å². The number of sulfonamides is 1. The number of hydrogen-bond donors (Lipinski definition) is 0. The van der Waals surface area contributed by atoms with E-state index in [1.165, 1.54) is 9.99 Å². The summed E-state index contributed by atoms with van der Waals surface area (Å²) in [5.41, 5.74) is 1.52. The molecule has 4 rings (SSSR count). The van der Waals surface area contributed by atoms with Crippen LogP contribution in [-0.2, 0) is 14.8 Å². The van der Waals surface area contributed by atoms with Crippen LogP contribution in [0.1, 0.15) is 24.3 Å². The molecule has 0 saturated carbocycles. The Balaban J connectivity index is 1.41. The highest BCUT2D eigenvalue weighted by molar-refractivity contribution is 7.89. The number of carbonyl (C=O) groups is 1. The molecule has 0 aliphatic carbocycles. The topological polar surface area (TPSA) is 87.0 Å². The molecular weight excluding hydrogens is 404 g/mol. The minimum Gasteiger partial charge on any atom is -0.368 e. The maximum absolute atomic E-state index is 13.1. The Bertz CT molecular complexity index is 978. The number of amides is 1. The Hall–Kier alpha value is -2.39. The lowest BCUT2D eigenvalue weighted by molar-refractivity contribution is -0.137. The van der Waals surface area contributed by atoms with E-state index in [4.69, 9.17) is 4.52 Å². The van der Waals surface area contributed by atoms with Crippen molar-refractivity contribution in [1.29, 1.82) is 0 Å². The van der Waals surface area contributed by atoms with Crippen molar-refractivity contribution in [1.82, 2.24) is 14.4 Å². The first-order valence-electron chi connectivity index (χ1n) is 10.4. The van der Waals surface area contributed by atoms with Crippen LogP contribution in [0.15, 0.2) is 39.8 Å². The van der Waals surface area contributed by atoms with E-state index in [1.807, 2.05) is 23.1 Å². The van der Waals surface area contributed by atoms with Gasteiger partial charge < -0.3 is 14.3 Å². The first-order valence-corrected chi connectivity index (χ1v) is 11.8. The van der Waals surface area contributed by atoms with Crippen molar-refractivity contribution < 1.29 is 17.7 Å². The van der Waals surface area contributed by atoms with Gasteiger partial charge in [0.25, 0.3) is 0 Å². The monoisotopic (exact) mass is 432 g/mol. The van der Waals surface area contributed by atoms with Gasteiger partial charge >= 0.3 is 0 Å². The molecule has 0 N–H and O–H groups in total. The lowest BCUT2D eigenvalue weighted by Gasteiger charge is -2.39. The van der Waals surface area contributed by atoms with Crippen LogP contribution >= 0.6 is 0 Å². The Morgan fingerprint density at radius 3 is 2.40 bits per heavy atom. The fourth-order valence-electron chi connectivity index (χ4n) is 4.42. The molecule has 9 heteroatoms. The summed E-state index contributed by atoms with van der Waals surface area (Å²) < 4.78 is 32.7. The van der Waals surface area contributed by atoms with E-state index in [0.29, 0.717) is 38.2 Å². The van der Waals surface area contributed by atoms with E-state index in [-0.39, 0.29) is 29.0 Å². The molecule has 2 saturated heterocycles. The standard InChI is InChI=1S/C21H28N4O4S/c1-16-20(17(2)29-22-16)30(27,28)25-10-6-7-18(15-25)21(26)24-13-11-23(12-14-24)19-8-4-3-5-9-19/h3-5,8-9,18H,6-7,10-15H2,1-2H3/t18-/m0/s1. The largest absolute Gasteiger partial charge is 0.368 e. The van der Waals surface area contributed by atoms with E-state index >= 15 is 0 Å². The van der Waals surface area contributed by atoms with Gasteiger partial charge in [-0.2, -0.15) is 4.31 Å². The quantitative estimate of drug-likeness (QED) is 0.735. The number of para-hydroxylation sites is 1. The highest BCUT2D eigenvalue weighted by Crippen LogP contribution is 2.29. The number of piperidine rings is 1. The van der Waals surface area contributed by atoms with Gasteiger partial charge in [0.1, 0.15) is 10.6 Å². The number of carbonyl (C=O) groups excluding carboxylic acids is 1. The molecule has 2 aliphatic rings. The molecular formula is C21H28N4O4S. The van der Waals surface area contributed by atoms with E-state index in [0.717, 1.165) is 13.1 Å². The number of aromatic nitrogens is 1. The molecule has 30 heavy (non-hydrogen) atoms. The summed E-state index contributed by atoms with van der Waals surface area (Å²) in [5, 5.41) is 3.78. The van der Waals surface area contributed by atoms with E-state index in [1.54, 1.807) is 13.8 Å². The second-order valence-corrected chi connectivity index (χ2v) is 9.88. The third-order valence-corrected chi connectivity index (χ3v) is 8.12. The lowest BCUT2D eigenvalue weighted by atomic mass is 9.97. The van der Waals surface area contributed by atoms with Crippen LogP contribution in [0.2, 0.25) is 0 Å². The first-order chi connectivity index (χ1) is 14.4. The Kier molecular flexibility index (Phi) is 5.84. The molecule has 1 aromatic carbocycles. The van der Waals surface area contributed by atoms with Gasteiger partial charge in [-0.25, -0.2) is 8.42 Å². The van der Waals surface area contributed by atoms with Gasteiger partial charge in [-0.1, -0.05) is 23.4 Å². The molecule has 162 valence electrons. The van der Waals surface area contributed by atoms with Crippen molar-refractivity contribution in [2.75, 3.05) is 44.2 Å². The second kappa shape index (κ2) is 8.39. The number of nitrogens with zero attached hydrogens (tertiary/aromatic N) is 4. The molecule has 0 spiro atoms. The minimum absolute atomic E-state index is 0.0568. The molecule has 1 atom stereocenters. The molecule has 0 bridgehead atoms. The van der Waals surface area contributed by atoms with Gasteiger partial charge in [0.05, 0.1) is 5.92 Å². The van der Waals surface area contributed by atoms with Gasteiger partial charge in [0.15, 0.2) is 5.76 Å². The SMILES string of the molecule is Cc1noc(C)c1S(=O)(=O)N1CCC[C@H](C(=O)N2CCN(c3ccccc3)CC2)C1. The van der Waals surface area contributed by atoms with Crippen LogP contribution in [0, 0.1) is 19.8 Å². The Labute approximate surface area is 177 Å². The van der Waals surface area contributed by atoms with Crippen molar-refractivity contribution in [2.24, 2.45) is 5.92 Å². The zero-order chi connectivity index (χ0) is 21.3. The van der Waals surface area contributed by atoms with Gasteiger partial charge in [-0.15, -0.1) is 0 Å². The van der Waals surface area contributed by atoms with Crippen molar-refractivity contribution in [3.05, 3.63) is 41.8 Å². The lowest BCUT2D eigenvalue weighted by Crippen LogP contribution is -2.53. The normalized spacial score (nSPS) is 21.1. The molecule has 2 fully saturated rings. The summed E-state index contributed by atoms with van der Waals surface area (Å²) in [6.07, 6.45) is 1.38. The maximum Gasteiger partial charge on any atom is 0.248 e. The van der Waals surface area contributed by atoms with Crippen molar-refractivity contribution in [3.63, 3.8) is 0 Å². The number of hydrogen-bond acceptors (Lipinski definition) is 6. The van der Waals surface area contributed by atoms with E-state index < -0.39 is 10.0 Å². The molecule has 1 amide bonds. The highest BCUT2D eigenvalue weighted by Gasteiger charge is 2.38. The number of anilines is 1.